The van der Waals surface area contributed by atoms with Gasteiger partial charge in [-0.05, 0) is 27.0 Å². The van der Waals surface area contributed by atoms with Crippen molar-refractivity contribution in [3.05, 3.63) is 11.1 Å². The Labute approximate surface area is 118 Å². The Morgan fingerprint density at radius 1 is 0.895 bits per heavy atom. The predicted molar refractivity (Wildman–Crippen MR) is 56.5 cm³/mol. The van der Waals surface area contributed by atoms with Crippen molar-refractivity contribution in [2.45, 2.75) is 35.2 Å². The van der Waals surface area contributed by atoms with Crippen LogP contribution in [0.25, 0.3) is 0 Å². The molecule has 0 bridgehead atoms. The van der Waals surface area contributed by atoms with Gasteiger partial charge in [0.25, 0.3) is 0 Å². The summed E-state index contributed by atoms with van der Waals surface area (Å²) in [5.41, 5.74) is 0. The average molecular weight is 432 g/mol. The third-order valence-electron chi connectivity index (χ3n) is 1.96. The largest absolute Gasteiger partial charge is 0.350 e. The molecule has 0 N–H and O–H groups in total. The van der Waals surface area contributed by atoms with Gasteiger partial charge >= 0.3 is 17.8 Å². The highest BCUT2D eigenvalue weighted by Gasteiger charge is 2.70. The first-order valence-electron chi connectivity index (χ1n) is 4.30. The van der Waals surface area contributed by atoms with Crippen LogP contribution in [-0.2, 0) is 0 Å². The van der Waals surface area contributed by atoms with Crippen LogP contribution in [0.15, 0.2) is 11.1 Å². The van der Waals surface area contributed by atoms with Crippen LogP contribution >= 0.6 is 31.9 Å². The van der Waals surface area contributed by atoms with E-state index in [0.717, 1.165) is 0 Å². The first-order chi connectivity index (χ1) is 8.32. The van der Waals surface area contributed by atoms with Gasteiger partial charge in [-0.2, -0.15) is 26.3 Å². The minimum absolute atomic E-state index is 0.196. The molecule has 0 saturated carbocycles. The number of rotatable bonds is 6. The van der Waals surface area contributed by atoms with Crippen molar-refractivity contribution >= 4 is 31.9 Å². The van der Waals surface area contributed by atoms with Gasteiger partial charge in [0, 0.05) is 0 Å². The van der Waals surface area contributed by atoms with Gasteiger partial charge in [-0.1, -0.05) is 15.9 Å². The zero-order chi connectivity index (χ0) is 15.6. The SMILES string of the molecule is FC(Br)C(F)C(F)(F)C(F)C(F)(F)C(F)(F)C=CBr. The lowest BCUT2D eigenvalue weighted by atomic mass is 9.98. The van der Waals surface area contributed by atoms with Crippen molar-refractivity contribution < 1.29 is 39.5 Å². The standard InChI is InChI=1S/C8H5Br2F9/c9-2-1-6(14,15)8(18,19)5(13)7(16,17)3(11)4(10)12/h1-5H. The molecular formula is C8H5Br2F9. The summed E-state index contributed by atoms with van der Waals surface area (Å²) in [5, 5.41) is -3.20. The van der Waals surface area contributed by atoms with Crippen LogP contribution in [0.2, 0.25) is 0 Å². The Bertz CT molecular complexity index is 328. The molecule has 114 valence electrons. The molecule has 0 aliphatic rings. The molecule has 0 aromatic heterocycles. The van der Waals surface area contributed by atoms with Gasteiger partial charge in [-0.25, -0.2) is 13.2 Å². The maximum absolute atomic E-state index is 12.9. The van der Waals surface area contributed by atoms with Crippen LogP contribution in [0.1, 0.15) is 0 Å². The van der Waals surface area contributed by atoms with E-state index in [1.165, 1.54) is 0 Å². The van der Waals surface area contributed by atoms with Gasteiger partial charge in [-0.15, -0.1) is 0 Å². The zero-order valence-electron chi connectivity index (χ0n) is 8.54. The molecule has 0 amide bonds. The number of halogens is 11. The Kier molecular flexibility index (Phi) is 6.25. The van der Waals surface area contributed by atoms with Crippen LogP contribution < -0.4 is 0 Å². The van der Waals surface area contributed by atoms with E-state index in [2.05, 4.69) is 15.9 Å². The van der Waals surface area contributed by atoms with E-state index in [1.807, 2.05) is 0 Å². The summed E-state index contributed by atoms with van der Waals surface area (Å²) in [6, 6.07) is 0. The average Bonchev–Trinajstić information content (AvgIpc) is 2.26. The predicted octanol–water partition coefficient (Wildman–Crippen LogP) is 5.17. The van der Waals surface area contributed by atoms with Gasteiger partial charge in [-0.3, -0.25) is 0 Å². The quantitative estimate of drug-likeness (QED) is 0.402. The Hall–Kier alpha value is 0.0700. The number of alkyl halides is 10. The molecule has 0 saturated heterocycles. The van der Waals surface area contributed by atoms with E-state index in [9.17, 15) is 39.5 Å². The monoisotopic (exact) mass is 430 g/mol. The molecule has 0 aromatic rings. The summed E-state index contributed by atoms with van der Waals surface area (Å²) >= 11 is 3.83. The van der Waals surface area contributed by atoms with E-state index >= 15 is 0 Å². The summed E-state index contributed by atoms with van der Waals surface area (Å²) in [7, 11) is 0. The summed E-state index contributed by atoms with van der Waals surface area (Å²) in [4.78, 5) is 0.196. The minimum Gasteiger partial charge on any atom is -0.236 e. The Morgan fingerprint density at radius 2 is 1.32 bits per heavy atom. The molecule has 19 heavy (non-hydrogen) atoms. The molecule has 0 fully saturated rings. The third kappa shape index (κ3) is 3.79. The lowest BCUT2D eigenvalue weighted by molar-refractivity contribution is -0.272. The second-order valence-corrected chi connectivity index (χ2v) is 4.72. The second kappa shape index (κ2) is 6.23. The maximum atomic E-state index is 12.9. The van der Waals surface area contributed by atoms with Crippen LogP contribution in [0, 0.1) is 0 Å². The van der Waals surface area contributed by atoms with E-state index in [-0.39, 0.29) is 4.99 Å². The molecule has 0 aliphatic heterocycles. The topological polar surface area (TPSA) is 0 Å². The molecule has 0 aromatic carbocycles. The first kappa shape index (κ1) is 19.1. The van der Waals surface area contributed by atoms with E-state index in [1.54, 1.807) is 15.9 Å². The maximum Gasteiger partial charge on any atom is 0.350 e. The van der Waals surface area contributed by atoms with Gasteiger partial charge < -0.3 is 0 Å². The molecule has 0 aliphatic carbocycles. The van der Waals surface area contributed by atoms with E-state index in [4.69, 9.17) is 0 Å². The molecule has 0 rings (SSSR count). The fraction of sp³-hybridized carbons (Fsp3) is 0.750. The third-order valence-corrected chi connectivity index (χ3v) is 2.69. The summed E-state index contributed by atoms with van der Waals surface area (Å²) < 4.78 is 115. The van der Waals surface area contributed by atoms with Crippen molar-refractivity contribution in [2.75, 3.05) is 0 Å². The second-order valence-electron chi connectivity index (χ2n) is 3.31. The molecular weight excluding hydrogens is 427 g/mol. The minimum atomic E-state index is -5.94. The number of hydrogen-bond donors (Lipinski definition) is 0. The van der Waals surface area contributed by atoms with E-state index < -0.39 is 41.3 Å². The number of hydrogen-bond acceptors (Lipinski definition) is 0. The lowest BCUT2D eigenvalue weighted by Crippen LogP contribution is -2.58. The van der Waals surface area contributed by atoms with Gasteiger partial charge in [0.05, 0.1) is 0 Å². The van der Waals surface area contributed by atoms with Gasteiger partial charge in [0.1, 0.15) is 0 Å². The molecule has 3 unspecified atom stereocenters. The van der Waals surface area contributed by atoms with Gasteiger partial charge in [0.2, 0.25) is 12.3 Å². The van der Waals surface area contributed by atoms with Crippen molar-refractivity contribution in [3.8, 4) is 0 Å². The fourth-order valence-electron chi connectivity index (χ4n) is 0.909. The fourth-order valence-corrected chi connectivity index (χ4v) is 1.59. The molecule has 0 heterocycles. The smallest absolute Gasteiger partial charge is 0.236 e. The lowest BCUT2D eigenvalue weighted by Gasteiger charge is -2.32. The van der Waals surface area contributed by atoms with Crippen LogP contribution in [0.4, 0.5) is 39.5 Å². The highest BCUT2D eigenvalue weighted by atomic mass is 79.9. The van der Waals surface area contributed by atoms with Crippen molar-refractivity contribution in [2.24, 2.45) is 0 Å². The summed E-state index contributed by atoms with van der Waals surface area (Å²) in [6.07, 6.45) is -9.58. The highest BCUT2D eigenvalue weighted by Crippen LogP contribution is 2.47. The van der Waals surface area contributed by atoms with Crippen LogP contribution in [0.5, 0.6) is 0 Å². The Balaban J connectivity index is 5.45. The Morgan fingerprint density at radius 3 is 1.63 bits per heavy atom. The molecule has 0 nitrogen and oxygen atoms in total. The number of allylic oxidation sites excluding steroid dienone is 1. The first-order valence-corrected chi connectivity index (χ1v) is 6.13. The molecule has 3 atom stereocenters. The van der Waals surface area contributed by atoms with Crippen molar-refractivity contribution in [1.29, 1.82) is 0 Å². The van der Waals surface area contributed by atoms with Crippen molar-refractivity contribution in [1.82, 2.24) is 0 Å². The molecule has 11 heteroatoms. The van der Waals surface area contributed by atoms with Gasteiger partial charge in [0.15, 0.2) is 5.08 Å². The highest BCUT2D eigenvalue weighted by molar-refractivity contribution is 9.11. The molecule has 0 radical (unpaired) electrons. The summed E-state index contributed by atoms with van der Waals surface area (Å²) in [5.74, 6) is -16.9. The zero-order valence-corrected chi connectivity index (χ0v) is 11.7. The van der Waals surface area contributed by atoms with Crippen LogP contribution in [-0.4, -0.2) is 35.2 Å². The summed E-state index contributed by atoms with van der Waals surface area (Å²) in [6.45, 7) is 0. The van der Waals surface area contributed by atoms with Crippen LogP contribution in [0.3, 0.4) is 0 Å². The van der Waals surface area contributed by atoms with E-state index in [0.29, 0.717) is 0 Å². The normalized spacial score (nSPS) is 19.5. The molecule has 0 spiro atoms. The van der Waals surface area contributed by atoms with Crippen molar-refractivity contribution in [3.63, 3.8) is 0 Å².